The van der Waals surface area contributed by atoms with Gasteiger partial charge >= 0.3 is 12.1 Å². The average molecular weight is 1090 g/mol. The van der Waals surface area contributed by atoms with Crippen LogP contribution in [0.25, 0.3) is 11.3 Å². The van der Waals surface area contributed by atoms with E-state index in [-0.39, 0.29) is 93.5 Å². The molecular weight excluding hydrogens is 1020 g/mol. The monoisotopic (exact) mass is 1090 g/mol. The van der Waals surface area contributed by atoms with E-state index in [1.165, 1.54) is 12.2 Å². The number of hydrogen-bond donors (Lipinski definition) is 8. The van der Waals surface area contributed by atoms with Gasteiger partial charge in [0.25, 0.3) is 11.8 Å². The second-order valence-corrected chi connectivity index (χ2v) is 20.4. The lowest BCUT2D eigenvalue weighted by atomic mass is 9.84. The zero-order valence-corrected chi connectivity index (χ0v) is 44.7. The molecule has 4 aromatic rings. The van der Waals surface area contributed by atoms with Crippen LogP contribution < -0.4 is 37.8 Å². The van der Waals surface area contributed by atoms with E-state index in [0.29, 0.717) is 42.9 Å². The molecule has 0 fully saturated rings. The maximum atomic E-state index is 15.1. The normalized spacial score (nSPS) is 14.0. The number of aromatic nitrogens is 2. The van der Waals surface area contributed by atoms with Crippen LogP contribution in [0.3, 0.4) is 0 Å². The molecule has 1 aliphatic rings. The van der Waals surface area contributed by atoms with Crippen LogP contribution in [0.5, 0.6) is 0 Å². The lowest BCUT2D eigenvalue weighted by Crippen LogP contribution is -2.54. The van der Waals surface area contributed by atoms with Gasteiger partial charge in [0.15, 0.2) is 0 Å². The van der Waals surface area contributed by atoms with Crippen LogP contribution >= 0.6 is 0 Å². The molecule has 0 saturated heterocycles. The molecule has 4 unspecified atom stereocenters. The summed E-state index contributed by atoms with van der Waals surface area (Å²) in [6.07, 6.45) is 5.17. The van der Waals surface area contributed by atoms with Gasteiger partial charge in [0, 0.05) is 62.2 Å². The van der Waals surface area contributed by atoms with Crippen LogP contribution in [0.1, 0.15) is 103 Å². The highest BCUT2D eigenvalue weighted by Gasteiger charge is 2.37. The third-order valence-corrected chi connectivity index (χ3v) is 12.8. The number of halogens is 3. The Hall–Kier alpha value is -7.63. The molecule has 20 nitrogen and oxygen atoms in total. The quantitative estimate of drug-likeness (QED) is 0.0123. The Kier molecular flexibility index (Phi) is 23.4. The highest BCUT2D eigenvalue weighted by Crippen LogP contribution is 2.39. The average Bonchev–Trinajstić information content (AvgIpc) is 3.96. The molecule has 0 aliphatic carbocycles. The second kappa shape index (κ2) is 29.8. The van der Waals surface area contributed by atoms with E-state index in [0.717, 1.165) is 28.7 Å². The van der Waals surface area contributed by atoms with Crippen molar-refractivity contribution in [1.29, 1.82) is 0 Å². The smallest absolute Gasteiger partial charge is 0.407 e. The number of alkyl carbamates (subject to hydrolysis) is 1. The maximum Gasteiger partial charge on any atom is 0.407 e. The Morgan fingerprint density at radius 3 is 2.19 bits per heavy atom. The number of carbonyl (C=O) groups excluding carboxylic acids is 7. The summed E-state index contributed by atoms with van der Waals surface area (Å²) in [6.45, 7) is 8.85. The van der Waals surface area contributed by atoms with Gasteiger partial charge in [0.1, 0.15) is 42.8 Å². The van der Waals surface area contributed by atoms with Gasteiger partial charge in [0.05, 0.1) is 24.4 Å². The first kappa shape index (κ1) is 61.2. The number of imidazole rings is 1. The van der Waals surface area contributed by atoms with E-state index < -0.39 is 71.8 Å². The predicted molar refractivity (Wildman–Crippen MR) is 284 cm³/mol. The molecule has 23 heteroatoms. The highest BCUT2D eigenvalue weighted by molar-refractivity contribution is 6.12. The van der Waals surface area contributed by atoms with Crippen LogP contribution in [-0.2, 0) is 41.9 Å². The van der Waals surface area contributed by atoms with Crippen molar-refractivity contribution in [2.45, 2.75) is 117 Å². The van der Waals surface area contributed by atoms with Gasteiger partial charge in [-0.05, 0) is 84.9 Å². The SMILES string of the molecule is CC(C)C(NC(=O)CCCCCN1C(=O)C=CC1=O)C(=O)NC(CCCNC(N)=O)C(=O)Nc1ccc(COC(=O)NC(CF)CCN(CNO)C(c2nc(-c3cc(F)ccc3F)cn2Cc2ccccc2)C(C)(C)C)cc1. The van der Waals surface area contributed by atoms with Gasteiger partial charge in [-0.15, -0.1) is 0 Å². The third-order valence-electron chi connectivity index (χ3n) is 12.8. The number of carbonyl (C=O) groups is 7. The summed E-state index contributed by atoms with van der Waals surface area (Å²) in [5.74, 6) is -3.52. The molecule has 1 aliphatic heterocycles. The van der Waals surface area contributed by atoms with Gasteiger partial charge in [-0.1, -0.05) is 83.5 Å². The number of primary amides is 1. The number of nitrogens with zero attached hydrogens (tertiary/aromatic N) is 4. The molecule has 4 atom stereocenters. The van der Waals surface area contributed by atoms with Gasteiger partial charge in [-0.3, -0.25) is 33.8 Å². The van der Waals surface area contributed by atoms with E-state index in [9.17, 15) is 47.5 Å². The standard InChI is InChI=1S/C55H72F3N11O9/c1-35(2)48(66-45(70)16-10-7-11-27-69-46(71)23-24-47(69)72)52(74)65-43(15-12-26-60-53(59)75)51(73)62-39-20-17-37(18-21-39)33-78-54(76)63-40(30-56)25-28-67(34-61-77)49(55(3,4)5)50-64-44(41-29-38(57)19-22-42(41)58)32-68(50)31-36-13-8-6-9-14-36/h6,8-9,13-14,17-24,29,32,35,40,43,48-49,61,77H,7,10-12,15-16,25-28,30-31,33-34H2,1-5H3,(H,62,73)(H,63,76)(H,65,74)(H,66,70)(H3,59,60,75). The van der Waals surface area contributed by atoms with Crippen LogP contribution in [0, 0.1) is 23.0 Å². The minimum atomic E-state index is -1.11. The number of ether oxygens (including phenoxy) is 1. The Labute approximate surface area is 452 Å². The molecule has 3 aromatic carbocycles. The van der Waals surface area contributed by atoms with Crippen molar-refractivity contribution in [3.05, 3.63) is 120 Å². The van der Waals surface area contributed by atoms with Gasteiger partial charge in [-0.2, -0.15) is 5.48 Å². The zero-order valence-electron chi connectivity index (χ0n) is 44.7. The number of nitrogens with two attached hydrogens (primary N) is 1. The van der Waals surface area contributed by atoms with Gasteiger partial charge < -0.3 is 46.8 Å². The molecule has 5 rings (SSSR count). The molecule has 0 spiro atoms. The van der Waals surface area contributed by atoms with Crippen molar-refractivity contribution < 1.29 is 56.7 Å². The summed E-state index contributed by atoms with van der Waals surface area (Å²) < 4.78 is 51.5. The number of rotatable bonds is 30. The molecule has 0 bridgehead atoms. The van der Waals surface area contributed by atoms with Crippen LogP contribution in [0.2, 0.25) is 0 Å². The minimum absolute atomic E-state index is 0.0303. The number of alkyl halides is 1. The lowest BCUT2D eigenvalue weighted by molar-refractivity contribution is -0.137. The molecule has 78 heavy (non-hydrogen) atoms. The Balaban J connectivity index is 1.17. The molecule has 0 radical (unpaired) electrons. The lowest BCUT2D eigenvalue weighted by Gasteiger charge is -2.40. The molecular formula is C55H72F3N11O9. The molecule has 8 amide bonds. The fourth-order valence-corrected chi connectivity index (χ4v) is 8.86. The van der Waals surface area contributed by atoms with Crippen molar-refractivity contribution in [1.82, 2.24) is 46.1 Å². The highest BCUT2D eigenvalue weighted by atomic mass is 19.1. The number of hydrogen-bond acceptors (Lipinski definition) is 12. The van der Waals surface area contributed by atoms with Crippen molar-refractivity contribution in [2.24, 2.45) is 17.1 Å². The van der Waals surface area contributed by atoms with E-state index in [1.807, 2.05) is 60.6 Å². The van der Waals surface area contributed by atoms with E-state index in [2.05, 4.69) is 32.1 Å². The Bertz CT molecular complexity index is 2680. The minimum Gasteiger partial charge on any atom is -0.445 e. The number of unbranched alkanes of at least 4 members (excludes halogenated alkanes) is 2. The zero-order chi connectivity index (χ0) is 56.9. The van der Waals surface area contributed by atoms with E-state index in [1.54, 1.807) is 44.3 Å². The maximum absolute atomic E-state index is 15.1. The van der Waals surface area contributed by atoms with E-state index >= 15 is 4.39 Å². The topological polar surface area (TPSA) is 271 Å². The van der Waals surface area contributed by atoms with Crippen LogP contribution in [-0.4, -0.2) is 117 Å². The summed E-state index contributed by atoms with van der Waals surface area (Å²) in [5, 5.41) is 23.3. The number of nitrogens with one attached hydrogen (secondary N) is 6. The van der Waals surface area contributed by atoms with Gasteiger partial charge in [-0.25, -0.2) is 27.7 Å². The Morgan fingerprint density at radius 2 is 1.55 bits per heavy atom. The number of urea groups is 1. The number of hydroxylamine groups is 1. The first-order valence-corrected chi connectivity index (χ1v) is 25.9. The fourth-order valence-electron chi connectivity index (χ4n) is 8.86. The molecule has 422 valence electrons. The molecule has 1 aromatic heterocycles. The fraction of sp³-hybridized carbons (Fsp3) is 0.455. The molecule has 0 saturated carbocycles. The van der Waals surface area contributed by atoms with Gasteiger partial charge in [0.2, 0.25) is 17.7 Å². The Morgan fingerprint density at radius 1 is 0.846 bits per heavy atom. The first-order chi connectivity index (χ1) is 37.2. The summed E-state index contributed by atoms with van der Waals surface area (Å²) >= 11 is 0. The summed E-state index contributed by atoms with van der Waals surface area (Å²) in [6, 6.07) is 14.4. The second-order valence-electron chi connectivity index (χ2n) is 20.4. The number of amides is 8. The van der Waals surface area contributed by atoms with Crippen LogP contribution in [0.15, 0.2) is 91.1 Å². The van der Waals surface area contributed by atoms with E-state index in [4.69, 9.17) is 15.5 Å². The molecule has 2 heterocycles. The summed E-state index contributed by atoms with van der Waals surface area (Å²) in [7, 11) is 0. The number of imide groups is 1. The number of anilines is 1. The van der Waals surface area contributed by atoms with Crippen molar-refractivity contribution in [3.63, 3.8) is 0 Å². The summed E-state index contributed by atoms with van der Waals surface area (Å²) in [4.78, 5) is 96.0. The van der Waals surface area contributed by atoms with Crippen molar-refractivity contribution in [3.8, 4) is 11.3 Å². The largest absolute Gasteiger partial charge is 0.445 e. The summed E-state index contributed by atoms with van der Waals surface area (Å²) in [5.41, 5.74) is 8.73. The predicted octanol–water partition coefficient (Wildman–Crippen LogP) is 6.35. The van der Waals surface area contributed by atoms with Crippen molar-refractivity contribution >= 4 is 47.3 Å². The molecule has 9 N–H and O–H groups in total. The number of benzene rings is 3. The van der Waals surface area contributed by atoms with Crippen molar-refractivity contribution in [2.75, 3.05) is 38.3 Å². The first-order valence-electron chi connectivity index (χ1n) is 25.9. The van der Waals surface area contributed by atoms with Crippen LogP contribution in [0.4, 0.5) is 28.4 Å². The third kappa shape index (κ3) is 18.8.